The van der Waals surface area contributed by atoms with Gasteiger partial charge in [0, 0.05) is 32.1 Å². The molecule has 2 amide bonds. The van der Waals surface area contributed by atoms with Gasteiger partial charge in [-0.15, -0.1) is 0 Å². The van der Waals surface area contributed by atoms with Crippen molar-refractivity contribution in [2.75, 3.05) is 19.6 Å². The fourth-order valence-corrected chi connectivity index (χ4v) is 3.01. The van der Waals surface area contributed by atoms with Gasteiger partial charge in [-0.25, -0.2) is 4.98 Å². The third-order valence-corrected chi connectivity index (χ3v) is 4.29. The Morgan fingerprint density at radius 1 is 1.35 bits per heavy atom. The van der Waals surface area contributed by atoms with Crippen LogP contribution in [0.5, 0.6) is 0 Å². The van der Waals surface area contributed by atoms with Gasteiger partial charge in [-0.05, 0) is 27.2 Å². The molecule has 0 spiro atoms. The minimum atomic E-state index is -0.521. The zero-order valence-electron chi connectivity index (χ0n) is 14.3. The normalized spacial score (nSPS) is 20.8. The summed E-state index contributed by atoms with van der Waals surface area (Å²) in [4.78, 5) is 33.0. The summed E-state index contributed by atoms with van der Waals surface area (Å²) in [6, 6.07) is -0.718. The van der Waals surface area contributed by atoms with E-state index in [2.05, 4.69) is 4.98 Å². The number of amides is 2. The number of carbonyl (C=O) groups is 2. The van der Waals surface area contributed by atoms with Gasteiger partial charge in [-0.3, -0.25) is 9.59 Å². The third-order valence-electron chi connectivity index (χ3n) is 4.29. The van der Waals surface area contributed by atoms with Crippen LogP contribution in [0.2, 0.25) is 0 Å². The Balaban J connectivity index is 2.26. The summed E-state index contributed by atoms with van der Waals surface area (Å²) in [7, 11) is 0. The number of hydrogen-bond acceptors (Lipinski definition) is 5. The highest BCUT2D eigenvalue weighted by atomic mass is 16.4. The minimum absolute atomic E-state index is 0.0517. The molecule has 0 saturated carbocycles. The van der Waals surface area contributed by atoms with Gasteiger partial charge in [0.1, 0.15) is 6.04 Å². The zero-order chi connectivity index (χ0) is 17.1. The molecule has 1 aliphatic rings. The highest BCUT2D eigenvalue weighted by Crippen LogP contribution is 2.23. The number of rotatable bonds is 5. The van der Waals surface area contributed by atoms with Gasteiger partial charge in [-0.1, -0.05) is 6.92 Å². The van der Waals surface area contributed by atoms with E-state index in [0.29, 0.717) is 44.1 Å². The molecule has 0 aromatic carbocycles. The van der Waals surface area contributed by atoms with Crippen LogP contribution in [0.15, 0.2) is 4.42 Å². The van der Waals surface area contributed by atoms with Crippen molar-refractivity contribution < 1.29 is 14.0 Å². The van der Waals surface area contributed by atoms with Gasteiger partial charge in [0.25, 0.3) is 5.91 Å². The third kappa shape index (κ3) is 3.39. The lowest BCUT2D eigenvalue weighted by Crippen LogP contribution is -2.47. The number of likely N-dealkylation sites (tertiary alicyclic amines) is 1. The lowest BCUT2D eigenvalue weighted by atomic mass is 10.1. The van der Waals surface area contributed by atoms with E-state index >= 15 is 0 Å². The van der Waals surface area contributed by atoms with Crippen molar-refractivity contribution in [3.8, 4) is 0 Å². The van der Waals surface area contributed by atoms with E-state index in [4.69, 9.17) is 10.2 Å². The van der Waals surface area contributed by atoms with Crippen LogP contribution in [0, 0.1) is 6.92 Å². The standard InChI is InChI=1S/C16H26N4O3/c1-5-13-18-10(4)14(23-13)16(22)20-9-11(17)8-12(20)15(21)19(6-2)7-3/h11-12H,5-9,17H2,1-4H3/t11-,12-/m0/s1. The van der Waals surface area contributed by atoms with E-state index in [1.165, 1.54) is 4.90 Å². The quantitative estimate of drug-likeness (QED) is 0.871. The first kappa shape index (κ1) is 17.5. The van der Waals surface area contributed by atoms with Gasteiger partial charge in [0.2, 0.25) is 11.7 Å². The molecule has 2 heterocycles. The smallest absolute Gasteiger partial charge is 0.292 e. The maximum atomic E-state index is 12.8. The van der Waals surface area contributed by atoms with E-state index in [9.17, 15) is 9.59 Å². The number of carbonyl (C=O) groups excluding carboxylic acids is 2. The summed E-state index contributed by atoms with van der Waals surface area (Å²) in [6.45, 7) is 9.10. The van der Waals surface area contributed by atoms with Crippen molar-refractivity contribution in [1.29, 1.82) is 0 Å². The maximum Gasteiger partial charge on any atom is 0.292 e. The Morgan fingerprint density at radius 2 is 2.00 bits per heavy atom. The molecule has 7 nitrogen and oxygen atoms in total. The lowest BCUT2D eigenvalue weighted by molar-refractivity contribution is -0.134. The van der Waals surface area contributed by atoms with Crippen molar-refractivity contribution >= 4 is 11.8 Å². The number of nitrogens with zero attached hydrogens (tertiary/aromatic N) is 3. The molecule has 0 unspecified atom stereocenters. The van der Waals surface area contributed by atoms with Gasteiger partial charge in [0.15, 0.2) is 5.89 Å². The molecule has 1 aliphatic heterocycles. The summed E-state index contributed by atoms with van der Waals surface area (Å²) in [5.74, 6) is 0.395. The minimum Gasteiger partial charge on any atom is -0.435 e. The van der Waals surface area contributed by atoms with Crippen LogP contribution in [0.1, 0.15) is 49.3 Å². The van der Waals surface area contributed by atoms with Crippen LogP contribution in [0.4, 0.5) is 0 Å². The molecular formula is C16H26N4O3. The molecule has 7 heteroatoms. The zero-order valence-corrected chi connectivity index (χ0v) is 14.3. The molecule has 1 aromatic heterocycles. The van der Waals surface area contributed by atoms with Crippen LogP contribution in [0.25, 0.3) is 0 Å². The Bertz CT molecular complexity index is 580. The second-order valence-electron chi connectivity index (χ2n) is 5.86. The number of aromatic nitrogens is 1. The predicted octanol–water partition coefficient (Wildman–Crippen LogP) is 0.956. The number of nitrogens with two attached hydrogens (primary N) is 1. The fourth-order valence-electron chi connectivity index (χ4n) is 3.01. The Kier molecular flexibility index (Phi) is 5.41. The van der Waals surface area contributed by atoms with Crippen molar-refractivity contribution in [2.45, 2.75) is 52.6 Å². The van der Waals surface area contributed by atoms with E-state index in [0.717, 1.165) is 0 Å². The highest BCUT2D eigenvalue weighted by Gasteiger charge is 2.41. The molecule has 1 aromatic rings. The van der Waals surface area contributed by atoms with Crippen LogP contribution < -0.4 is 5.73 Å². The van der Waals surface area contributed by atoms with Gasteiger partial charge >= 0.3 is 0 Å². The molecule has 128 valence electrons. The average Bonchev–Trinajstić information content (AvgIpc) is 3.10. The molecule has 2 atom stereocenters. The van der Waals surface area contributed by atoms with Crippen LogP contribution in [-0.4, -0.2) is 58.3 Å². The first-order valence-electron chi connectivity index (χ1n) is 8.24. The molecule has 2 N–H and O–H groups in total. The Morgan fingerprint density at radius 3 is 2.52 bits per heavy atom. The van der Waals surface area contributed by atoms with Crippen molar-refractivity contribution in [3.05, 3.63) is 17.3 Å². The molecule has 0 radical (unpaired) electrons. The first-order chi connectivity index (χ1) is 10.9. The summed E-state index contributed by atoms with van der Waals surface area (Å²) in [5, 5.41) is 0. The number of hydrogen-bond donors (Lipinski definition) is 1. The van der Waals surface area contributed by atoms with E-state index in [1.807, 2.05) is 20.8 Å². The van der Waals surface area contributed by atoms with E-state index < -0.39 is 6.04 Å². The topological polar surface area (TPSA) is 92.7 Å². The monoisotopic (exact) mass is 322 g/mol. The largest absolute Gasteiger partial charge is 0.435 e. The van der Waals surface area contributed by atoms with Crippen LogP contribution >= 0.6 is 0 Å². The van der Waals surface area contributed by atoms with Gasteiger partial charge < -0.3 is 20.0 Å². The van der Waals surface area contributed by atoms with Gasteiger partial charge in [-0.2, -0.15) is 0 Å². The van der Waals surface area contributed by atoms with Crippen molar-refractivity contribution in [3.63, 3.8) is 0 Å². The molecule has 23 heavy (non-hydrogen) atoms. The molecule has 0 aliphatic carbocycles. The molecular weight excluding hydrogens is 296 g/mol. The van der Waals surface area contributed by atoms with Gasteiger partial charge in [0.05, 0.1) is 5.69 Å². The number of aryl methyl sites for hydroxylation is 2. The maximum absolute atomic E-state index is 12.8. The summed E-state index contributed by atoms with van der Waals surface area (Å²) >= 11 is 0. The Labute approximate surface area is 136 Å². The van der Waals surface area contributed by atoms with E-state index in [1.54, 1.807) is 11.8 Å². The predicted molar refractivity (Wildman–Crippen MR) is 86.0 cm³/mol. The average molecular weight is 322 g/mol. The second-order valence-corrected chi connectivity index (χ2v) is 5.86. The molecule has 0 bridgehead atoms. The molecule has 1 saturated heterocycles. The van der Waals surface area contributed by atoms with Crippen molar-refractivity contribution in [2.24, 2.45) is 5.73 Å². The van der Waals surface area contributed by atoms with Crippen molar-refractivity contribution in [1.82, 2.24) is 14.8 Å². The fraction of sp³-hybridized carbons (Fsp3) is 0.688. The van der Waals surface area contributed by atoms with E-state index in [-0.39, 0.29) is 23.6 Å². The second kappa shape index (κ2) is 7.12. The SMILES string of the molecule is CCc1nc(C)c(C(=O)N2C[C@@H](N)C[C@H]2C(=O)N(CC)CC)o1. The number of likely N-dealkylation sites (N-methyl/N-ethyl adjacent to an activating group) is 1. The highest BCUT2D eigenvalue weighted by molar-refractivity contribution is 5.96. The van der Waals surface area contributed by atoms with Crippen LogP contribution in [0.3, 0.4) is 0 Å². The molecule has 1 fully saturated rings. The lowest BCUT2D eigenvalue weighted by Gasteiger charge is -2.28. The Hall–Kier alpha value is -1.89. The number of oxazole rings is 1. The van der Waals surface area contributed by atoms with Crippen LogP contribution in [-0.2, 0) is 11.2 Å². The summed E-state index contributed by atoms with van der Waals surface area (Å²) in [5.41, 5.74) is 6.57. The summed E-state index contributed by atoms with van der Waals surface area (Å²) < 4.78 is 5.55. The summed E-state index contributed by atoms with van der Waals surface area (Å²) in [6.07, 6.45) is 1.10. The molecule has 2 rings (SSSR count). The first-order valence-corrected chi connectivity index (χ1v) is 8.24.